The van der Waals surface area contributed by atoms with Crippen molar-refractivity contribution in [1.82, 2.24) is 19.8 Å². The minimum absolute atomic E-state index is 0.0575. The predicted octanol–water partition coefficient (Wildman–Crippen LogP) is 3.63. The van der Waals surface area contributed by atoms with Crippen molar-refractivity contribution in [3.8, 4) is 0 Å². The number of nitrogens with two attached hydrogens (primary N) is 1. The highest BCUT2D eigenvalue weighted by Crippen LogP contribution is 2.34. The van der Waals surface area contributed by atoms with Crippen LogP contribution in [-0.2, 0) is 23.9 Å². The van der Waals surface area contributed by atoms with Crippen LogP contribution in [0.4, 0.5) is 22.0 Å². The van der Waals surface area contributed by atoms with Gasteiger partial charge in [-0.05, 0) is 60.8 Å². The largest absolute Gasteiger partial charge is 0.449 e. The highest BCUT2D eigenvalue weighted by atomic mass is 19.4. The third-order valence-corrected chi connectivity index (χ3v) is 7.13. The lowest BCUT2D eigenvalue weighted by Gasteiger charge is -2.38. The zero-order valence-corrected chi connectivity index (χ0v) is 23.5. The molecule has 4 unspecified atom stereocenters. The van der Waals surface area contributed by atoms with E-state index in [0.29, 0.717) is 36.4 Å². The summed E-state index contributed by atoms with van der Waals surface area (Å²) in [5, 5.41) is 0. The van der Waals surface area contributed by atoms with Gasteiger partial charge in [0.15, 0.2) is 6.61 Å². The van der Waals surface area contributed by atoms with Gasteiger partial charge >= 0.3 is 29.9 Å². The molecule has 0 spiro atoms. The van der Waals surface area contributed by atoms with Crippen LogP contribution in [0.2, 0.25) is 0 Å². The second kappa shape index (κ2) is 14.3. The van der Waals surface area contributed by atoms with Gasteiger partial charge in [0.2, 0.25) is 0 Å². The van der Waals surface area contributed by atoms with Gasteiger partial charge in [0.25, 0.3) is 0 Å². The van der Waals surface area contributed by atoms with Crippen molar-refractivity contribution in [2.24, 2.45) is 17.6 Å². The molecule has 234 valence electrons. The van der Waals surface area contributed by atoms with Gasteiger partial charge in [-0.3, -0.25) is 24.4 Å². The van der Waals surface area contributed by atoms with Crippen molar-refractivity contribution in [2.75, 3.05) is 19.7 Å². The van der Waals surface area contributed by atoms with Crippen LogP contribution in [0.15, 0.2) is 36.9 Å². The Labute approximate surface area is 244 Å². The summed E-state index contributed by atoms with van der Waals surface area (Å²) in [6.45, 7) is 2.64. The Morgan fingerprint density at radius 1 is 0.814 bits per heavy atom. The van der Waals surface area contributed by atoms with E-state index in [2.05, 4.69) is 14.7 Å². The molecule has 15 heteroatoms. The fourth-order valence-electron chi connectivity index (χ4n) is 5.14. The maximum Gasteiger partial charge on any atom is 0.422 e. The van der Waals surface area contributed by atoms with Crippen LogP contribution in [0.1, 0.15) is 62.7 Å². The number of piperidine rings is 2. The number of carbonyl (C=O) groups excluding carboxylic acids is 4. The standard InChI is InChI=1S/C15H16F4N2O3.C13H16FN3O2/c1-9-2-3-12(10-4-11(16)6-20-5-10)21(7-9)13(22)14(23)24-8-15(17,18)19;1-8-2-3-11(9-4-10(14)6-16-5-9)17(7-8)13(19)12(15)18/h4-6,9,12H,2-3,7-8H2,1H3;4-6,8,11H,2-3,7H2,1H3,(H2,15,18). The number of hydrogen-bond acceptors (Lipinski definition) is 7. The summed E-state index contributed by atoms with van der Waals surface area (Å²) in [5.74, 6) is -5.15. The first-order valence-corrected chi connectivity index (χ1v) is 13.5. The second-order valence-corrected chi connectivity index (χ2v) is 10.7. The minimum Gasteiger partial charge on any atom is -0.449 e. The van der Waals surface area contributed by atoms with Crippen LogP contribution in [0, 0.1) is 23.5 Å². The van der Waals surface area contributed by atoms with Crippen molar-refractivity contribution in [3.05, 3.63) is 59.7 Å². The molecule has 0 aromatic carbocycles. The van der Waals surface area contributed by atoms with Crippen molar-refractivity contribution in [3.63, 3.8) is 0 Å². The average Bonchev–Trinajstić information content (AvgIpc) is 2.95. The average molecular weight is 614 g/mol. The van der Waals surface area contributed by atoms with Crippen LogP contribution in [0.3, 0.4) is 0 Å². The number of hydrogen-bond donors (Lipinski definition) is 1. The van der Waals surface area contributed by atoms with Crippen molar-refractivity contribution in [2.45, 2.75) is 57.8 Å². The summed E-state index contributed by atoms with van der Waals surface area (Å²) in [5.41, 5.74) is 6.05. The van der Waals surface area contributed by atoms with E-state index >= 15 is 0 Å². The molecule has 2 N–H and O–H groups in total. The van der Waals surface area contributed by atoms with E-state index in [1.54, 1.807) is 0 Å². The Bertz CT molecular complexity index is 1330. The van der Waals surface area contributed by atoms with E-state index in [1.165, 1.54) is 29.4 Å². The summed E-state index contributed by atoms with van der Waals surface area (Å²) < 4.78 is 67.0. The van der Waals surface area contributed by atoms with Gasteiger partial charge in [0.1, 0.15) is 11.6 Å². The Morgan fingerprint density at radius 2 is 1.26 bits per heavy atom. The number of nitrogens with zero attached hydrogens (tertiary/aromatic N) is 4. The molecular formula is C28H32F5N5O5. The zero-order chi connectivity index (χ0) is 31.9. The molecule has 0 saturated carbocycles. The second-order valence-electron chi connectivity index (χ2n) is 10.7. The molecule has 2 aliphatic rings. The van der Waals surface area contributed by atoms with Crippen LogP contribution in [-0.4, -0.2) is 69.3 Å². The minimum atomic E-state index is -4.71. The lowest BCUT2D eigenvalue weighted by molar-refractivity contribution is -0.190. The first kappa shape index (κ1) is 33.3. The van der Waals surface area contributed by atoms with Gasteiger partial charge in [0, 0.05) is 25.5 Å². The number of aromatic nitrogens is 2. The van der Waals surface area contributed by atoms with E-state index < -0.39 is 54.2 Å². The number of rotatable bonds is 3. The van der Waals surface area contributed by atoms with Gasteiger partial charge in [-0.2, -0.15) is 13.2 Å². The van der Waals surface area contributed by atoms with Crippen LogP contribution < -0.4 is 5.73 Å². The Balaban J connectivity index is 0.000000242. The van der Waals surface area contributed by atoms with Crippen molar-refractivity contribution < 1.29 is 45.9 Å². The Kier molecular flexibility index (Phi) is 11.1. The summed E-state index contributed by atoms with van der Waals surface area (Å²) >= 11 is 0. The topological polar surface area (TPSA) is 136 Å². The molecule has 0 bridgehead atoms. The smallest absolute Gasteiger partial charge is 0.422 e. The molecule has 0 radical (unpaired) electrons. The number of carbonyl (C=O) groups is 4. The maximum absolute atomic E-state index is 13.4. The monoisotopic (exact) mass is 613 g/mol. The van der Waals surface area contributed by atoms with E-state index in [-0.39, 0.29) is 18.5 Å². The fraction of sp³-hybridized carbons (Fsp3) is 0.500. The SMILES string of the molecule is CC1CCC(c2cncc(F)c2)N(C(=O)C(=O)OCC(F)(F)F)C1.CC1CCC(c2cncc(F)c2)N(C(=O)C(N)=O)C1. The van der Waals surface area contributed by atoms with E-state index in [9.17, 15) is 41.1 Å². The molecule has 4 heterocycles. The molecule has 43 heavy (non-hydrogen) atoms. The molecule has 3 amide bonds. The Morgan fingerprint density at radius 3 is 1.65 bits per heavy atom. The molecular weight excluding hydrogens is 581 g/mol. The molecule has 2 aliphatic heterocycles. The highest BCUT2D eigenvalue weighted by molar-refractivity contribution is 6.34. The van der Waals surface area contributed by atoms with Gasteiger partial charge in [-0.1, -0.05) is 13.8 Å². The summed E-state index contributed by atoms with van der Waals surface area (Å²) in [6.07, 6.45) is 3.03. The molecule has 0 aliphatic carbocycles. The lowest BCUT2D eigenvalue weighted by Crippen LogP contribution is -2.46. The van der Waals surface area contributed by atoms with Crippen molar-refractivity contribution >= 4 is 23.7 Å². The number of ether oxygens (including phenoxy) is 1. The summed E-state index contributed by atoms with van der Waals surface area (Å²) in [4.78, 5) is 56.8. The molecule has 10 nitrogen and oxygen atoms in total. The number of likely N-dealkylation sites (tertiary alicyclic amines) is 2. The molecule has 2 aromatic heterocycles. The first-order valence-electron chi connectivity index (χ1n) is 13.5. The van der Waals surface area contributed by atoms with Gasteiger partial charge in [0.05, 0.1) is 24.5 Å². The quantitative estimate of drug-likeness (QED) is 0.317. The molecule has 2 saturated heterocycles. The number of halogens is 5. The molecule has 4 rings (SSSR count). The Hall–Kier alpha value is -4.17. The summed E-state index contributed by atoms with van der Waals surface area (Å²) in [6, 6.07) is 1.57. The lowest BCUT2D eigenvalue weighted by atomic mass is 9.90. The molecule has 4 atom stereocenters. The van der Waals surface area contributed by atoms with E-state index in [1.807, 2.05) is 13.8 Å². The van der Waals surface area contributed by atoms with Gasteiger partial charge in [-0.15, -0.1) is 0 Å². The normalized spacial score (nSPS) is 22.2. The van der Waals surface area contributed by atoms with Crippen molar-refractivity contribution in [1.29, 1.82) is 0 Å². The number of pyridine rings is 2. The number of esters is 1. The van der Waals surface area contributed by atoms with Gasteiger partial charge < -0.3 is 20.3 Å². The third-order valence-electron chi connectivity index (χ3n) is 7.13. The van der Waals surface area contributed by atoms with Crippen LogP contribution in [0.5, 0.6) is 0 Å². The zero-order valence-electron chi connectivity index (χ0n) is 23.5. The number of alkyl halides is 3. The fourth-order valence-corrected chi connectivity index (χ4v) is 5.14. The van der Waals surface area contributed by atoms with E-state index in [4.69, 9.17) is 5.73 Å². The predicted molar refractivity (Wildman–Crippen MR) is 140 cm³/mol. The van der Waals surface area contributed by atoms with Crippen LogP contribution in [0.25, 0.3) is 0 Å². The number of primary amides is 1. The highest BCUT2D eigenvalue weighted by Gasteiger charge is 2.38. The van der Waals surface area contributed by atoms with E-state index in [0.717, 1.165) is 30.1 Å². The molecule has 2 fully saturated rings. The van der Waals surface area contributed by atoms with Gasteiger partial charge in [-0.25, -0.2) is 13.6 Å². The molecule has 2 aromatic rings. The summed E-state index contributed by atoms with van der Waals surface area (Å²) in [7, 11) is 0. The first-order chi connectivity index (χ1) is 20.2. The van der Waals surface area contributed by atoms with Crippen LogP contribution >= 0.6 is 0 Å². The number of amides is 3. The maximum atomic E-state index is 13.4. The third kappa shape index (κ3) is 9.41.